The molecule has 0 heterocycles. The van der Waals surface area contributed by atoms with E-state index in [9.17, 15) is 18.3 Å². The Morgan fingerprint density at radius 3 is 2.37 bits per heavy atom. The lowest BCUT2D eigenvalue weighted by molar-refractivity contribution is 0.190. The van der Waals surface area contributed by atoms with Crippen molar-refractivity contribution in [1.29, 1.82) is 0 Å². The van der Waals surface area contributed by atoms with Crippen LogP contribution in [0, 0.1) is 17.5 Å². The van der Waals surface area contributed by atoms with Gasteiger partial charge in [0.1, 0.15) is 17.4 Å². The summed E-state index contributed by atoms with van der Waals surface area (Å²) < 4.78 is 45.0. The van der Waals surface area contributed by atoms with Gasteiger partial charge in [0.25, 0.3) is 0 Å². The zero-order valence-electron chi connectivity index (χ0n) is 10.0. The third-order valence-corrected chi connectivity index (χ3v) is 2.54. The van der Waals surface area contributed by atoms with E-state index in [0.717, 1.165) is 18.2 Å². The van der Waals surface area contributed by atoms with Crippen LogP contribution in [0.15, 0.2) is 36.4 Å². The maximum Gasteiger partial charge on any atom is 0.168 e. The Bertz CT molecular complexity index is 597. The minimum atomic E-state index is -1.11. The first kappa shape index (κ1) is 13.4. The Hall–Kier alpha value is -2.01. The molecule has 0 aliphatic heterocycles. The molecule has 1 unspecified atom stereocenters. The first-order chi connectivity index (χ1) is 8.99. The fourth-order valence-corrected chi connectivity index (χ4v) is 1.69. The van der Waals surface area contributed by atoms with Crippen molar-refractivity contribution in [2.24, 2.45) is 0 Å². The third kappa shape index (κ3) is 2.88. The molecular weight excluding hydrogens is 257 g/mol. The average Bonchev–Trinajstić information content (AvgIpc) is 2.32. The molecule has 0 amide bonds. The zero-order valence-corrected chi connectivity index (χ0v) is 10.0. The summed E-state index contributed by atoms with van der Waals surface area (Å²) in [7, 11) is 0. The van der Waals surface area contributed by atoms with Crippen LogP contribution in [-0.4, -0.2) is 5.11 Å². The average molecular weight is 268 g/mol. The fraction of sp³-hybridized carbons (Fsp3) is 0.143. The summed E-state index contributed by atoms with van der Waals surface area (Å²) >= 11 is 0. The first-order valence-corrected chi connectivity index (χ1v) is 5.58. The van der Waals surface area contributed by atoms with Gasteiger partial charge in [-0.1, -0.05) is 6.07 Å². The molecule has 1 N–H and O–H groups in total. The number of halogens is 3. The fourth-order valence-electron chi connectivity index (χ4n) is 1.69. The minimum Gasteiger partial charge on any atom is -0.454 e. The van der Waals surface area contributed by atoms with Crippen molar-refractivity contribution < 1.29 is 23.0 Å². The van der Waals surface area contributed by atoms with Crippen LogP contribution in [0.1, 0.15) is 18.6 Å². The molecule has 100 valence electrons. The highest BCUT2D eigenvalue weighted by Crippen LogP contribution is 2.32. The summed E-state index contributed by atoms with van der Waals surface area (Å²) in [5, 5.41) is 9.50. The van der Waals surface area contributed by atoms with Crippen LogP contribution in [0.5, 0.6) is 11.5 Å². The molecule has 0 aliphatic carbocycles. The van der Waals surface area contributed by atoms with E-state index < -0.39 is 23.6 Å². The smallest absolute Gasteiger partial charge is 0.168 e. The molecule has 0 spiro atoms. The van der Waals surface area contributed by atoms with E-state index in [-0.39, 0.29) is 17.1 Å². The van der Waals surface area contributed by atoms with Gasteiger partial charge in [0, 0.05) is 6.07 Å². The van der Waals surface area contributed by atoms with Gasteiger partial charge in [0.05, 0.1) is 11.7 Å². The van der Waals surface area contributed by atoms with Crippen LogP contribution in [0.25, 0.3) is 0 Å². The summed E-state index contributed by atoms with van der Waals surface area (Å²) in [5.41, 5.74) is -0.0776. The number of rotatable bonds is 3. The summed E-state index contributed by atoms with van der Waals surface area (Å²) in [4.78, 5) is 0. The zero-order chi connectivity index (χ0) is 14.0. The molecule has 0 saturated carbocycles. The number of benzene rings is 2. The van der Waals surface area contributed by atoms with Crippen molar-refractivity contribution in [3.8, 4) is 11.5 Å². The maximum atomic E-state index is 13.6. The molecule has 2 aromatic carbocycles. The van der Waals surface area contributed by atoms with Crippen molar-refractivity contribution in [1.82, 2.24) is 0 Å². The van der Waals surface area contributed by atoms with Gasteiger partial charge in [-0.05, 0) is 31.2 Å². The second kappa shape index (κ2) is 5.32. The van der Waals surface area contributed by atoms with Crippen LogP contribution in [0.3, 0.4) is 0 Å². The molecule has 0 radical (unpaired) electrons. The van der Waals surface area contributed by atoms with Gasteiger partial charge in [-0.15, -0.1) is 0 Å². The molecular formula is C14H11F3O2. The van der Waals surface area contributed by atoms with E-state index in [4.69, 9.17) is 4.74 Å². The van der Waals surface area contributed by atoms with Crippen LogP contribution < -0.4 is 4.74 Å². The minimum absolute atomic E-state index is 0.0134. The Morgan fingerprint density at radius 2 is 1.74 bits per heavy atom. The van der Waals surface area contributed by atoms with E-state index in [1.54, 1.807) is 0 Å². The summed E-state index contributed by atoms with van der Waals surface area (Å²) in [5.74, 6) is -2.55. The number of ether oxygens (including phenoxy) is 1. The van der Waals surface area contributed by atoms with Gasteiger partial charge in [0.2, 0.25) is 0 Å². The van der Waals surface area contributed by atoms with Crippen molar-refractivity contribution >= 4 is 0 Å². The molecule has 2 rings (SSSR count). The lowest BCUT2D eigenvalue weighted by atomic mass is 10.1. The number of hydrogen-bond acceptors (Lipinski definition) is 2. The summed E-state index contributed by atoms with van der Waals surface area (Å²) in [6.45, 7) is 1.37. The summed E-state index contributed by atoms with van der Waals surface area (Å²) in [6, 6.07) is 6.72. The van der Waals surface area contributed by atoms with Crippen molar-refractivity contribution in [2.75, 3.05) is 0 Å². The molecule has 2 nitrogen and oxygen atoms in total. The molecule has 5 heteroatoms. The Morgan fingerprint density at radius 1 is 1.00 bits per heavy atom. The lowest BCUT2D eigenvalue weighted by Gasteiger charge is -2.14. The van der Waals surface area contributed by atoms with E-state index in [1.807, 2.05) is 0 Å². The van der Waals surface area contributed by atoms with Gasteiger partial charge in [-0.25, -0.2) is 13.2 Å². The molecule has 0 aromatic heterocycles. The van der Waals surface area contributed by atoms with Crippen LogP contribution >= 0.6 is 0 Å². The summed E-state index contributed by atoms with van der Waals surface area (Å²) in [6.07, 6.45) is -1.11. The SMILES string of the molecule is CC(O)c1c(F)cccc1Oc1ccc(F)cc1F. The second-order valence-corrected chi connectivity index (χ2v) is 4.00. The normalized spacial score (nSPS) is 12.3. The third-order valence-electron chi connectivity index (χ3n) is 2.54. The highest BCUT2D eigenvalue weighted by Gasteiger charge is 2.16. The largest absolute Gasteiger partial charge is 0.454 e. The predicted octanol–water partition coefficient (Wildman–Crippen LogP) is 3.95. The van der Waals surface area contributed by atoms with E-state index in [2.05, 4.69) is 0 Å². The highest BCUT2D eigenvalue weighted by atomic mass is 19.1. The second-order valence-electron chi connectivity index (χ2n) is 4.00. The number of aliphatic hydroxyl groups excluding tert-OH is 1. The van der Waals surface area contributed by atoms with Gasteiger partial charge in [-0.3, -0.25) is 0 Å². The molecule has 0 fully saturated rings. The number of hydrogen-bond donors (Lipinski definition) is 1. The van der Waals surface area contributed by atoms with Crippen LogP contribution in [0.4, 0.5) is 13.2 Å². The number of aliphatic hydroxyl groups is 1. The van der Waals surface area contributed by atoms with E-state index in [1.165, 1.54) is 19.1 Å². The van der Waals surface area contributed by atoms with Crippen molar-refractivity contribution in [3.63, 3.8) is 0 Å². The molecule has 19 heavy (non-hydrogen) atoms. The Balaban J connectivity index is 2.41. The van der Waals surface area contributed by atoms with Gasteiger partial charge in [-0.2, -0.15) is 0 Å². The van der Waals surface area contributed by atoms with E-state index >= 15 is 0 Å². The Labute approximate surface area is 108 Å². The standard InChI is InChI=1S/C14H11F3O2/c1-8(18)14-10(16)3-2-4-13(14)19-12-6-5-9(15)7-11(12)17/h2-8,18H,1H3. The van der Waals surface area contributed by atoms with Gasteiger partial charge in [0.15, 0.2) is 11.6 Å². The molecule has 1 atom stereocenters. The molecule has 0 saturated heterocycles. The van der Waals surface area contributed by atoms with Crippen molar-refractivity contribution in [3.05, 3.63) is 59.4 Å². The van der Waals surface area contributed by atoms with Gasteiger partial charge >= 0.3 is 0 Å². The molecule has 0 bridgehead atoms. The van der Waals surface area contributed by atoms with Crippen LogP contribution in [0.2, 0.25) is 0 Å². The highest BCUT2D eigenvalue weighted by molar-refractivity contribution is 5.40. The van der Waals surface area contributed by atoms with Gasteiger partial charge < -0.3 is 9.84 Å². The molecule has 2 aromatic rings. The van der Waals surface area contributed by atoms with Crippen molar-refractivity contribution in [2.45, 2.75) is 13.0 Å². The van der Waals surface area contributed by atoms with Crippen LogP contribution in [-0.2, 0) is 0 Å². The monoisotopic (exact) mass is 268 g/mol. The Kier molecular flexibility index (Phi) is 3.76. The van der Waals surface area contributed by atoms with E-state index in [0.29, 0.717) is 6.07 Å². The first-order valence-electron chi connectivity index (χ1n) is 5.58. The topological polar surface area (TPSA) is 29.5 Å². The quantitative estimate of drug-likeness (QED) is 0.913. The lowest BCUT2D eigenvalue weighted by Crippen LogP contribution is -2.00. The molecule has 0 aliphatic rings. The predicted molar refractivity (Wildman–Crippen MR) is 63.5 cm³/mol. The maximum absolute atomic E-state index is 13.6.